The van der Waals surface area contributed by atoms with Gasteiger partial charge in [0.2, 0.25) is 47.3 Å². The Kier molecular flexibility index (Phi) is 28.3. The molecule has 10 atom stereocenters. The number of phenolic OH excluding ortho intramolecular Hbond substituents is 1. The molecule has 26 heteroatoms. The first-order chi connectivity index (χ1) is 34.1. The molecule has 0 aliphatic carbocycles. The molecule has 0 aliphatic heterocycles. The number of carboxylic acids is 3. The van der Waals surface area contributed by atoms with Crippen LogP contribution in [-0.4, -0.2) is 158 Å². The summed E-state index contributed by atoms with van der Waals surface area (Å²) in [7, 11) is 0. The van der Waals surface area contributed by atoms with Crippen LogP contribution in [0.4, 0.5) is 0 Å². The number of aromatic hydroxyl groups is 1. The molecule has 26 nitrogen and oxygen atoms in total. The molecule has 0 radical (unpaired) electrons. The number of hydrogen-bond acceptors (Lipinski definition) is 15. The average Bonchev–Trinajstić information content (AvgIpc) is 3.31. The molecule has 0 heterocycles. The number of unbranched alkanes of at least 4 members (excludes halogenated alkanes) is 1. The Morgan fingerprint density at radius 1 is 0.562 bits per heavy atom. The van der Waals surface area contributed by atoms with E-state index in [0.717, 1.165) is 6.92 Å². The molecule has 17 N–H and O–H groups in total. The van der Waals surface area contributed by atoms with E-state index >= 15 is 0 Å². The smallest absolute Gasteiger partial charge is 0.325 e. The lowest BCUT2D eigenvalue weighted by Gasteiger charge is -2.29. The first kappa shape index (κ1) is 64.1. The first-order valence-corrected chi connectivity index (χ1v) is 24.1. The van der Waals surface area contributed by atoms with Crippen LogP contribution in [0.5, 0.6) is 5.75 Å². The number of aliphatic hydroxyl groups is 1. The molecular formula is C47H76N10O16. The number of nitrogens with one attached hydrogen (secondary N) is 8. The summed E-state index contributed by atoms with van der Waals surface area (Å²) in [6, 6.07) is -7.46. The Labute approximate surface area is 423 Å². The zero-order valence-electron chi connectivity index (χ0n) is 42.4. The van der Waals surface area contributed by atoms with E-state index in [9.17, 15) is 73.2 Å². The summed E-state index contributed by atoms with van der Waals surface area (Å²) >= 11 is 0. The molecule has 1 aromatic carbocycles. The van der Waals surface area contributed by atoms with E-state index in [1.54, 1.807) is 46.8 Å². The lowest BCUT2D eigenvalue weighted by atomic mass is 9.97. The molecule has 410 valence electrons. The molecule has 0 bridgehead atoms. The fourth-order valence-electron chi connectivity index (χ4n) is 6.91. The van der Waals surface area contributed by atoms with Crippen LogP contribution in [0, 0.1) is 17.8 Å². The predicted octanol–water partition coefficient (Wildman–Crippen LogP) is -2.55. The fraction of sp³-hybridized carbons (Fsp3) is 0.638. The number of carbonyl (C=O) groups is 11. The van der Waals surface area contributed by atoms with E-state index in [2.05, 4.69) is 42.5 Å². The minimum absolute atomic E-state index is 0.0186. The van der Waals surface area contributed by atoms with Crippen molar-refractivity contribution >= 4 is 65.2 Å². The van der Waals surface area contributed by atoms with Gasteiger partial charge in [-0.05, 0) is 81.0 Å². The first-order valence-electron chi connectivity index (χ1n) is 24.1. The topological polar surface area (TPSA) is 437 Å². The molecule has 73 heavy (non-hydrogen) atoms. The van der Waals surface area contributed by atoms with Crippen molar-refractivity contribution in [1.82, 2.24) is 42.5 Å². The zero-order chi connectivity index (χ0) is 55.7. The molecule has 0 aliphatic rings. The second-order valence-electron chi connectivity index (χ2n) is 18.6. The Hall–Kier alpha value is -6.93. The number of benzene rings is 1. The molecule has 1 aromatic rings. The van der Waals surface area contributed by atoms with Gasteiger partial charge < -0.3 is 79.5 Å². The quantitative estimate of drug-likeness (QED) is 0.0316. The Balaban J connectivity index is 3.46. The molecule has 0 fully saturated rings. The number of hydrogen-bond donors (Lipinski definition) is 15. The molecule has 1 rings (SSSR count). The number of carbonyl (C=O) groups excluding carboxylic acids is 8. The van der Waals surface area contributed by atoms with Gasteiger partial charge in [-0.25, -0.2) is 0 Å². The number of phenols is 1. The summed E-state index contributed by atoms with van der Waals surface area (Å²) in [5, 5.41) is 67.3. The lowest BCUT2D eigenvalue weighted by Crippen LogP contribution is -2.62. The average molecular weight is 1040 g/mol. The summed E-state index contributed by atoms with van der Waals surface area (Å²) in [5.41, 5.74) is 12.3. The van der Waals surface area contributed by atoms with E-state index in [4.69, 9.17) is 16.6 Å². The normalized spacial score (nSPS) is 15.3. The van der Waals surface area contributed by atoms with E-state index in [-0.39, 0.29) is 49.8 Å². The number of nitrogens with two attached hydrogens (primary N) is 2. The van der Waals surface area contributed by atoms with Crippen LogP contribution in [-0.2, 0) is 59.2 Å². The van der Waals surface area contributed by atoms with Gasteiger partial charge in [-0.3, -0.25) is 52.7 Å². The van der Waals surface area contributed by atoms with Crippen LogP contribution < -0.4 is 54.0 Å². The van der Waals surface area contributed by atoms with Crippen LogP contribution in [0.15, 0.2) is 24.3 Å². The second kappa shape index (κ2) is 32.2. The van der Waals surface area contributed by atoms with Gasteiger partial charge in [0.05, 0.1) is 19.1 Å². The van der Waals surface area contributed by atoms with Gasteiger partial charge in [-0.15, -0.1) is 0 Å². The van der Waals surface area contributed by atoms with Crippen LogP contribution in [0.2, 0.25) is 0 Å². The van der Waals surface area contributed by atoms with Crippen LogP contribution >= 0.6 is 0 Å². The van der Waals surface area contributed by atoms with Crippen LogP contribution in [0.25, 0.3) is 0 Å². The van der Waals surface area contributed by atoms with E-state index < -0.39 is 151 Å². The van der Waals surface area contributed by atoms with Gasteiger partial charge in [0.1, 0.15) is 54.1 Å². The second-order valence-corrected chi connectivity index (χ2v) is 18.6. The monoisotopic (exact) mass is 1040 g/mol. The predicted molar refractivity (Wildman–Crippen MR) is 261 cm³/mol. The Morgan fingerprint density at radius 2 is 1.04 bits per heavy atom. The van der Waals surface area contributed by atoms with Gasteiger partial charge in [0.15, 0.2) is 0 Å². The minimum atomic E-state index is -1.88. The van der Waals surface area contributed by atoms with Crippen molar-refractivity contribution in [2.24, 2.45) is 29.2 Å². The van der Waals surface area contributed by atoms with E-state index in [0.29, 0.717) is 18.4 Å². The summed E-state index contributed by atoms with van der Waals surface area (Å²) in [6.07, 6.45) is -1.34. The van der Waals surface area contributed by atoms with Gasteiger partial charge in [0.25, 0.3) is 0 Å². The molecule has 0 spiro atoms. The molecule has 0 saturated heterocycles. The van der Waals surface area contributed by atoms with Crippen molar-refractivity contribution in [2.75, 3.05) is 13.2 Å². The number of amides is 8. The van der Waals surface area contributed by atoms with Crippen molar-refractivity contribution in [1.29, 1.82) is 0 Å². The van der Waals surface area contributed by atoms with Crippen molar-refractivity contribution in [3.05, 3.63) is 29.8 Å². The summed E-state index contributed by atoms with van der Waals surface area (Å²) in [4.78, 5) is 144. The van der Waals surface area contributed by atoms with E-state index in [1.807, 2.05) is 0 Å². The molecule has 0 saturated carbocycles. The highest BCUT2D eigenvalue weighted by Gasteiger charge is 2.37. The van der Waals surface area contributed by atoms with Gasteiger partial charge in [0, 0.05) is 12.8 Å². The third kappa shape index (κ3) is 23.4. The Bertz CT molecular complexity index is 2060. The maximum absolute atomic E-state index is 14.1. The SMILES string of the molecule is CCC(C)C(NC(=O)C(CC(=O)O)NC(=O)C(CC(C)C)NC(=O)C(CCCCN)NC(=O)C(Cc1ccc(O)cc1)NC(=O)C(N)C(C)C)C(=O)NC(CO)C(=O)NC(CCC(=O)O)C(=O)NC(C)C(=O)O. The third-order valence-corrected chi connectivity index (χ3v) is 11.6. The van der Waals surface area contributed by atoms with Crippen molar-refractivity contribution in [2.45, 2.75) is 161 Å². The van der Waals surface area contributed by atoms with Gasteiger partial charge in [-0.2, -0.15) is 0 Å². The van der Waals surface area contributed by atoms with Crippen molar-refractivity contribution in [3.8, 4) is 5.75 Å². The number of aliphatic carboxylic acids is 3. The van der Waals surface area contributed by atoms with Gasteiger partial charge >= 0.3 is 17.9 Å². The summed E-state index contributed by atoms with van der Waals surface area (Å²) in [5.74, 6) is -13.6. The van der Waals surface area contributed by atoms with E-state index in [1.165, 1.54) is 19.1 Å². The van der Waals surface area contributed by atoms with Crippen LogP contribution in [0.1, 0.15) is 105 Å². The third-order valence-electron chi connectivity index (χ3n) is 11.6. The summed E-state index contributed by atoms with van der Waals surface area (Å²) < 4.78 is 0. The van der Waals surface area contributed by atoms with Gasteiger partial charge in [-0.1, -0.05) is 60.1 Å². The van der Waals surface area contributed by atoms with Crippen LogP contribution in [0.3, 0.4) is 0 Å². The Morgan fingerprint density at radius 3 is 1.55 bits per heavy atom. The maximum Gasteiger partial charge on any atom is 0.325 e. The number of aliphatic hydroxyl groups excluding tert-OH is 1. The minimum Gasteiger partial charge on any atom is -0.508 e. The lowest BCUT2D eigenvalue weighted by molar-refractivity contribution is -0.142. The summed E-state index contributed by atoms with van der Waals surface area (Å²) in [6.45, 7) is 10.3. The highest BCUT2D eigenvalue weighted by Crippen LogP contribution is 2.15. The molecular weight excluding hydrogens is 961 g/mol. The maximum atomic E-state index is 14.1. The highest BCUT2D eigenvalue weighted by atomic mass is 16.4. The fourth-order valence-corrected chi connectivity index (χ4v) is 6.91. The largest absolute Gasteiger partial charge is 0.508 e. The van der Waals surface area contributed by atoms with Crippen molar-refractivity contribution < 1.29 is 78.3 Å². The number of rotatable bonds is 34. The molecule has 8 amide bonds. The standard InChI is InChI=1S/C47H76N10O16/c1-8-25(6)38(46(71)56-34(22-58)44(69)52-30(16-17-35(60)61)39(64)50-26(7)47(72)73)57-43(68)33(21-36(62)63)54-41(66)31(19-23(2)3)53-40(65)29(11-9-10-18-48)51-42(67)32(55-45(70)37(49)24(4)5)20-27-12-14-28(59)15-13-27/h12-15,23-26,29-34,37-38,58-59H,8-11,16-22,48-49H2,1-7H3,(H,50,64)(H,51,67)(H,52,69)(H,53,65)(H,54,66)(H,55,70)(H,56,71)(H,57,68)(H,60,61)(H,62,63)(H,72,73). The highest BCUT2D eigenvalue weighted by molar-refractivity contribution is 5.99. The molecule has 0 aromatic heterocycles. The number of carboxylic acid groups (broad SMARTS) is 3. The molecule has 10 unspecified atom stereocenters. The van der Waals surface area contributed by atoms with Crippen molar-refractivity contribution in [3.63, 3.8) is 0 Å². The zero-order valence-corrected chi connectivity index (χ0v) is 42.4.